The minimum atomic E-state index is 0.127. The average molecular weight is 301 g/mol. The van der Waals surface area contributed by atoms with Crippen LogP contribution >= 0.6 is 12.2 Å². The smallest absolute Gasteiger partial charge is 0.0918 e. The molecule has 0 unspecified atom stereocenters. The third kappa shape index (κ3) is 2.13. The quantitative estimate of drug-likeness (QED) is 0.650. The maximum absolute atomic E-state index is 5.74. The van der Waals surface area contributed by atoms with E-state index >= 15 is 0 Å². The van der Waals surface area contributed by atoms with Gasteiger partial charge in [0.2, 0.25) is 0 Å². The van der Waals surface area contributed by atoms with E-state index in [4.69, 9.17) is 12.2 Å². The highest BCUT2D eigenvalue weighted by Crippen LogP contribution is 2.45. The van der Waals surface area contributed by atoms with Crippen molar-refractivity contribution in [3.8, 4) is 11.1 Å². The summed E-state index contributed by atoms with van der Waals surface area (Å²) >= 11 is 5.74. The summed E-state index contributed by atoms with van der Waals surface area (Å²) in [4.78, 5) is 0.851. The Hall–Kier alpha value is -2.45. The molecular weight excluding hydrogens is 286 g/mol. The SMILES string of the molecule is S=C(Nc1ccccc1)C1c2ccccc2-c2ccccc21. The molecule has 4 rings (SSSR count). The van der Waals surface area contributed by atoms with Crippen LogP contribution < -0.4 is 5.32 Å². The molecule has 0 atom stereocenters. The molecule has 0 radical (unpaired) electrons. The summed E-state index contributed by atoms with van der Waals surface area (Å²) in [7, 11) is 0. The van der Waals surface area contributed by atoms with Crippen molar-refractivity contribution in [3.05, 3.63) is 90.0 Å². The molecule has 0 bridgehead atoms. The number of thiocarbonyl (C=S) groups is 1. The van der Waals surface area contributed by atoms with Gasteiger partial charge in [0.1, 0.15) is 0 Å². The molecule has 0 heterocycles. The molecule has 0 aromatic heterocycles. The molecule has 0 spiro atoms. The summed E-state index contributed by atoms with van der Waals surface area (Å²) in [5.41, 5.74) is 6.20. The molecule has 3 aromatic rings. The first-order chi connectivity index (χ1) is 10.8. The second-order valence-corrected chi connectivity index (χ2v) is 5.90. The van der Waals surface area contributed by atoms with Gasteiger partial charge in [-0.1, -0.05) is 78.9 Å². The molecule has 1 aliphatic rings. The van der Waals surface area contributed by atoms with E-state index in [9.17, 15) is 0 Å². The Morgan fingerprint density at radius 3 is 1.77 bits per heavy atom. The minimum absolute atomic E-state index is 0.127. The van der Waals surface area contributed by atoms with E-state index in [0.29, 0.717) is 0 Å². The number of hydrogen-bond acceptors (Lipinski definition) is 1. The highest BCUT2D eigenvalue weighted by Gasteiger charge is 2.30. The van der Waals surface area contributed by atoms with Crippen molar-refractivity contribution in [2.75, 3.05) is 5.32 Å². The van der Waals surface area contributed by atoms with Gasteiger partial charge in [0.15, 0.2) is 0 Å². The zero-order valence-electron chi connectivity index (χ0n) is 12.0. The molecule has 0 saturated heterocycles. The number of hydrogen-bond donors (Lipinski definition) is 1. The summed E-state index contributed by atoms with van der Waals surface area (Å²) in [5, 5.41) is 3.40. The van der Waals surface area contributed by atoms with Crippen molar-refractivity contribution in [1.29, 1.82) is 0 Å². The standard InChI is InChI=1S/C20H15NS/c22-20(21-14-8-2-1-3-9-14)19-17-12-6-4-10-15(17)16-11-5-7-13-18(16)19/h1-13,19H,(H,21,22). The Morgan fingerprint density at radius 2 is 1.18 bits per heavy atom. The fourth-order valence-electron chi connectivity index (χ4n) is 3.17. The van der Waals surface area contributed by atoms with Gasteiger partial charge in [-0.15, -0.1) is 0 Å². The summed E-state index contributed by atoms with van der Waals surface area (Å²) in [5.74, 6) is 0.127. The lowest BCUT2D eigenvalue weighted by Gasteiger charge is -2.17. The average Bonchev–Trinajstić information content (AvgIpc) is 2.90. The number of rotatable bonds is 2. The van der Waals surface area contributed by atoms with Gasteiger partial charge >= 0.3 is 0 Å². The highest BCUT2D eigenvalue weighted by molar-refractivity contribution is 7.80. The largest absolute Gasteiger partial charge is 0.349 e. The van der Waals surface area contributed by atoms with E-state index in [1.54, 1.807) is 0 Å². The molecular formula is C20H15NS. The zero-order chi connectivity index (χ0) is 14.9. The first-order valence-electron chi connectivity index (χ1n) is 7.39. The van der Waals surface area contributed by atoms with Gasteiger partial charge in [0, 0.05) is 5.69 Å². The Bertz CT molecular complexity index is 794. The molecule has 1 nitrogen and oxygen atoms in total. The van der Waals surface area contributed by atoms with Gasteiger partial charge in [0.25, 0.3) is 0 Å². The van der Waals surface area contributed by atoms with Crippen LogP contribution in [0.5, 0.6) is 0 Å². The van der Waals surface area contributed by atoms with Gasteiger partial charge in [-0.05, 0) is 34.4 Å². The number of nitrogens with one attached hydrogen (secondary N) is 1. The Balaban J connectivity index is 1.77. The van der Waals surface area contributed by atoms with E-state index in [1.807, 2.05) is 30.3 Å². The van der Waals surface area contributed by atoms with Crippen molar-refractivity contribution in [3.63, 3.8) is 0 Å². The predicted octanol–water partition coefficient (Wildman–Crippen LogP) is 5.24. The van der Waals surface area contributed by atoms with Crippen LogP contribution in [-0.2, 0) is 0 Å². The lowest BCUT2D eigenvalue weighted by atomic mass is 9.96. The number of para-hydroxylation sites is 1. The van der Waals surface area contributed by atoms with Crippen LogP contribution in [0.3, 0.4) is 0 Å². The molecule has 0 saturated carbocycles. The fourth-order valence-corrected chi connectivity index (χ4v) is 3.55. The topological polar surface area (TPSA) is 12.0 Å². The molecule has 0 fully saturated rings. The first kappa shape index (κ1) is 13.2. The summed E-state index contributed by atoms with van der Waals surface area (Å²) in [6.07, 6.45) is 0. The number of anilines is 1. The van der Waals surface area contributed by atoms with Crippen LogP contribution in [0.25, 0.3) is 11.1 Å². The van der Waals surface area contributed by atoms with Crippen LogP contribution in [0.4, 0.5) is 5.69 Å². The Labute approximate surface area is 135 Å². The van der Waals surface area contributed by atoms with Crippen LogP contribution in [-0.4, -0.2) is 4.99 Å². The van der Waals surface area contributed by atoms with Gasteiger partial charge in [-0.3, -0.25) is 0 Å². The normalized spacial score (nSPS) is 12.5. The maximum atomic E-state index is 5.74. The van der Waals surface area contributed by atoms with Gasteiger partial charge in [-0.25, -0.2) is 0 Å². The van der Waals surface area contributed by atoms with Gasteiger partial charge in [-0.2, -0.15) is 0 Å². The number of fused-ring (bicyclic) bond motifs is 3. The van der Waals surface area contributed by atoms with E-state index in [0.717, 1.165) is 10.7 Å². The predicted molar refractivity (Wildman–Crippen MR) is 96.4 cm³/mol. The lowest BCUT2D eigenvalue weighted by Crippen LogP contribution is -2.18. The van der Waals surface area contributed by atoms with E-state index in [2.05, 4.69) is 53.8 Å². The lowest BCUT2D eigenvalue weighted by molar-refractivity contribution is 1.14. The van der Waals surface area contributed by atoms with Crippen molar-refractivity contribution in [2.24, 2.45) is 0 Å². The Kier molecular flexibility index (Phi) is 3.24. The molecule has 0 aliphatic heterocycles. The van der Waals surface area contributed by atoms with Crippen LogP contribution in [0, 0.1) is 0 Å². The van der Waals surface area contributed by atoms with Crippen LogP contribution in [0.1, 0.15) is 17.0 Å². The second-order valence-electron chi connectivity index (χ2n) is 5.46. The fraction of sp³-hybridized carbons (Fsp3) is 0.0500. The molecule has 22 heavy (non-hydrogen) atoms. The zero-order valence-corrected chi connectivity index (χ0v) is 12.8. The van der Waals surface area contributed by atoms with Gasteiger partial charge < -0.3 is 5.32 Å². The van der Waals surface area contributed by atoms with Crippen molar-refractivity contribution in [1.82, 2.24) is 0 Å². The minimum Gasteiger partial charge on any atom is -0.349 e. The highest BCUT2D eigenvalue weighted by atomic mass is 32.1. The van der Waals surface area contributed by atoms with E-state index < -0.39 is 0 Å². The molecule has 2 heteroatoms. The second kappa shape index (κ2) is 5.39. The third-order valence-electron chi connectivity index (χ3n) is 4.14. The van der Waals surface area contributed by atoms with Crippen LogP contribution in [0.15, 0.2) is 78.9 Å². The van der Waals surface area contributed by atoms with Gasteiger partial charge in [0.05, 0.1) is 10.9 Å². The van der Waals surface area contributed by atoms with Crippen LogP contribution in [0.2, 0.25) is 0 Å². The molecule has 1 aliphatic carbocycles. The third-order valence-corrected chi connectivity index (χ3v) is 4.48. The monoisotopic (exact) mass is 301 g/mol. The van der Waals surface area contributed by atoms with E-state index in [-0.39, 0.29) is 5.92 Å². The van der Waals surface area contributed by atoms with Crippen molar-refractivity contribution >= 4 is 22.9 Å². The molecule has 3 aromatic carbocycles. The summed E-state index contributed by atoms with van der Waals surface area (Å²) < 4.78 is 0. The summed E-state index contributed by atoms with van der Waals surface area (Å²) in [6, 6.07) is 27.2. The summed E-state index contributed by atoms with van der Waals surface area (Å²) in [6.45, 7) is 0. The maximum Gasteiger partial charge on any atom is 0.0918 e. The van der Waals surface area contributed by atoms with Crippen molar-refractivity contribution in [2.45, 2.75) is 5.92 Å². The number of benzene rings is 3. The Morgan fingerprint density at radius 1 is 0.682 bits per heavy atom. The molecule has 1 N–H and O–H groups in total. The molecule has 106 valence electrons. The molecule has 0 amide bonds. The first-order valence-corrected chi connectivity index (χ1v) is 7.79. The van der Waals surface area contributed by atoms with Crippen molar-refractivity contribution < 1.29 is 0 Å². The van der Waals surface area contributed by atoms with E-state index in [1.165, 1.54) is 22.3 Å².